The largest absolute Gasteiger partial charge is 0.395 e. The van der Waals surface area contributed by atoms with Crippen LogP contribution in [0, 0.1) is 6.92 Å². The Morgan fingerprint density at radius 2 is 1.95 bits per heavy atom. The lowest BCUT2D eigenvalue weighted by molar-refractivity contribution is 0.0827. The van der Waals surface area contributed by atoms with Crippen LogP contribution in [-0.2, 0) is 0 Å². The van der Waals surface area contributed by atoms with Crippen LogP contribution in [0.5, 0.6) is 0 Å². The zero-order chi connectivity index (χ0) is 15.4. The highest BCUT2D eigenvalue weighted by Gasteiger charge is 2.23. The van der Waals surface area contributed by atoms with Gasteiger partial charge in [0.2, 0.25) is 0 Å². The summed E-state index contributed by atoms with van der Waals surface area (Å²) in [4.78, 5) is 22.9. The normalized spacial score (nSPS) is 16.1. The fraction of sp³-hybridized carbons (Fsp3) is 0.600. The minimum atomic E-state index is -0.0183. The third-order valence-electron chi connectivity index (χ3n) is 3.74. The molecule has 0 aromatic carbocycles. The van der Waals surface area contributed by atoms with Gasteiger partial charge < -0.3 is 14.9 Å². The minimum absolute atomic E-state index is 0.0183. The summed E-state index contributed by atoms with van der Waals surface area (Å²) in [5, 5.41) is 9.00. The Balaban J connectivity index is 2.19. The van der Waals surface area contributed by atoms with Gasteiger partial charge in [0.15, 0.2) is 0 Å². The number of rotatable bonds is 4. The zero-order valence-electron chi connectivity index (χ0n) is 13.0. The molecule has 1 aliphatic heterocycles. The maximum Gasteiger partial charge on any atom is 0.257 e. The summed E-state index contributed by atoms with van der Waals surface area (Å²) >= 11 is 0. The molecule has 6 nitrogen and oxygen atoms in total. The summed E-state index contributed by atoms with van der Waals surface area (Å²) in [6, 6.07) is 3.74. The number of aromatic nitrogens is 1. The van der Waals surface area contributed by atoms with Crippen LogP contribution in [0.15, 0.2) is 12.1 Å². The van der Waals surface area contributed by atoms with E-state index in [1.165, 1.54) is 0 Å². The predicted molar refractivity (Wildman–Crippen MR) is 82.7 cm³/mol. The van der Waals surface area contributed by atoms with Crippen LogP contribution < -0.4 is 4.90 Å². The van der Waals surface area contributed by atoms with E-state index >= 15 is 0 Å². The van der Waals surface area contributed by atoms with Gasteiger partial charge in [-0.2, -0.15) is 0 Å². The second-order valence-corrected chi connectivity index (χ2v) is 5.58. The number of aryl methyl sites for hydroxylation is 1. The Labute approximate surface area is 126 Å². The lowest BCUT2D eigenvalue weighted by atomic mass is 10.1. The SMILES string of the molecule is Cc1ccc(C(=O)N(C)C)c(N2CCN(CCO)CC2)n1. The first kappa shape index (κ1) is 15.7. The van der Waals surface area contributed by atoms with Gasteiger partial charge in [-0.15, -0.1) is 0 Å². The first-order chi connectivity index (χ1) is 10.0. The fourth-order valence-corrected chi connectivity index (χ4v) is 2.52. The van der Waals surface area contributed by atoms with E-state index in [1.54, 1.807) is 19.0 Å². The summed E-state index contributed by atoms with van der Waals surface area (Å²) < 4.78 is 0. The molecule has 21 heavy (non-hydrogen) atoms. The van der Waals surface area contributed by atoms with Crippen LogP contribution in [0.1, 0.15) is 16.1 Å². The molecular formula is C15H24N4O2. The molecule has 1 N–H and O–H groups in total. The summed E-state index contributed by atoms with van der Waals surface area (Å²) in [6.07, 6.45) is 0. The van der Waals surface area contributed by atoms with E-state index in [4.69, 9.17) is 5.11 Å². The summed E-state index contributed by atoms with van der Waals surface area (Å²) in [7, 11) is 3.51. The van der Waals surface area contributed by atoms with E-state index in [0.717, 1.165) is 37.7 Å². The molecule has 1 saturated heterocycles. The van der Waals surface area contributed by atoms with Crippen LogP contribution in [0.4, 0.5) is 5.82 Å². The van der Waals surface area contributed by atoms with Crippen molar-refractivity contribution in [3.8, 4) is 0 Å². The van der Waals surface area contributed by atoms with Gasteiger partial charge in [-0.3, -0.25) is 9.69 Å². The number of nitrogens with zero attached hydrogens (tertiary/aromatic N) is 4. The molecular weight excluding hydrogens is 268 g/mol. The number of carbonyl (C=O) groups is 1. The molecule has 2 rings (SSSR count). The highest BCUT2D eigenvalue weighted by atomic mass is 16.3. The Morgan fingerprint density at radius 1 is 1.29 bits per heavy atom. The van der Waals surface area contributed by atoms with Gasteiger partial charge in [0.1, 0.15) is 5.82 Å². The number of amides is 1. The highest BCUT2D eigenvalue weighted by Crippen LogP contribution is 2.21. The molecule has 0 aliphatic carbocycles. The van der Waals surface area contributed by atoms with Crippen molar-refractivity contribution >= 4 is 11.7 Å². The number of anilines is 1. The number of carbonyl (C=O) groups excluding carboxylic acids is 1. The molecule has 6 heteroatoms. The molecule has 1 aromatic heterocycles. The number of piperazine rings is 1. The highest BCUT2D eigenvalue weighted by molar-refractivity contribution is 5.98. The van der Waals surface area contributed by atoms with Crippen molar-refractivity contribution in [1.82, 2.24) is 14.8 Å². The van der Waals surface area contributed by atoms with Crippen molar-refractivity contribution in [1.29, 1.82) is 0 Å². The molecule has 0 radical (unpaired) electrons. The van der Waals surface area contributed by atoms with Gasteiger partial charge in [0, 0.05) is 52.5 Å². The van der Waals surface area contributed by atoms with Gasteiger partial charge in [-0.05, 0) is 19.1 Å². The van der Waals surface area contributed by atoms with Crippen molar-refractivity contribution in [2.24, 2.45) is 0 Å². The van der Waals surface area contributed by atoms with E-state index in [9.17, 15) is 4.79 Å². The van der Waals surface area contributed by atoms with Gasteiger partial charge >= 0.3 is 0 Å². The number of β-amino-alcohol motifs (C(OH)–C–C–N with tert-alkyl or cyclic N) is 1. The molecule has 0 unspecified atom stereocenters. The van der Waals surface area contributed by atoms with Crippen LogP contribution in [0.2, 0.25) is 0 Å². The summed E-state index contributed by atoms with van der Waals surface area (Å²) in [5.41, 5.74) is 1.57. The number of aliphatic hydroxyl groups is 1. The number of aliphatic hydroxyl groups excluding tert-OH is 1. The number of pyridine rings is 1. The average molecular weight is 292 g/mol. The lowest BCUT2D eigenvalue weighted by Gasteiger charge is -2.36. The smallest absolute Gasteiger partial charge is 0.257 e. The predicted octanol–water partition coefficient (Wildman–Crippen LogP) is 0.206. The van der Waals surface area contributed by atoms with E-state index in [2.05, 4.69) is 14.8 Å². The molecule has 1 aliphatic rings. The summed E-state index contributed by atoms with van der Waals surface area (Å²) in [5.74, 6) is 0.757. The van der Waals surface area contributed by atoms with Crippen molar-refractivity contribution < 1.29 is 9.90 Å². The molecule has 0 atom stereocenters. The second-order valence-electron chi connectivity index (χ2n) is 5.58. The first-order valence-corrected chi connectivity index (χ1v) is 7.30. The molecule has 116 valence electrons. The average Bonchev–Trinajstić information content (AvgIpc) is 2.47. The maximum atomic E-state index is 12.3. The first-order valence-electron chi connectivity index (χ1n) is 7.30. The molecule has 1 fully saturated rings. The molecule has 0 saturated carbocycles. The molecule has 1 amide bonds. The third-order valence-corrected chi connectivity index (χ3v) is 3.74. The molecule has 0 bridgehead atoms. The third kappa shape index (κ3) is 3.71. The molecule has 1 aromatic rings. The molecule has 0 spiro atoms. The van der Waals surface area contributed by atoms with Crippen LogP contribution in [-0.4, -0.2) is 79.2 Å². The van der Waals surface area contributed by atoms with Crippen LogP contribution in [0.3, 0.4) is 0 Å². The number of hydrogen-bond donors (Lipinski definition) is 1. The lowest BCUT2D eigenvalue weighted by Crippen LogP contribution is -2.48. The van der Waals surface area contributed by atoms with E-state index in [-0.39, 0.29) is 12.5 Å². The Kier molecular flexibility index (Phi) is 5.14. The van der Waals surface area contributed by atoms with Crippen LogP contribution in [0.25, 0.3) is 0 Å². The van der Waals surface area contributed by atoms with Crippen LogP contribution >= 0.6 is 0 Å². The maximum absolute atomic E-state index is 12.3. The quantitative estimate of drug-likeness (QED) is 0.859. The Morgan fingerprint density at radius 3 is 2.52 bits per heavy atom. The monoisotopic (exact) mass is 292 g/mol. The van der Waals surface area contributed by atoms with Gasteiger partial charge in [0.25, 0.3) is 5.91 Å². The molecule has 2 heterocycles. The number of hydrogen-bond acceptors (Lipinski definition) is 5. The second kappa shape index (κ2) is 6.87. The summed E-state index contributed by atoms with van der Waals surface area (Å²) in [6.45, 7) is 6.24. The standard InChI is InChI=1S/C15H24N4O2/c1-12-4-5-13(15(21)17(2)3)14(16-12)19-8-6-18(7-9-19)10-11-20/h4-5,20H,6-11H2,1-3H3. The van der Waals surface area contributed by atoms with Crippen molar-refractivity contribution in [2.75, 3.05) is 58.3 Å². The van der Waals surface area contributed by atoms with E-state index in [1.807, 2.05) is 19.1 Å². The fourth-order valence-electron chi connectivity index (χ4n) is 2.52. The van der Waals surface area contributed by atoms with Gasteiger partial charge in [-0.25, -0.2) is 4.98 Å². The van der Waals surface area contributed by atoms with E-state index < -0.39 is 0 Å². The topological polar surface area (TPSA) is 59.9 Å². The Hall–Kier alpha value is -1.66. The zero-order valence-corrected chi connectivity index (χ0v) is 13.0. The van der Waals surface area contributed by atoms with Crippen molar-refractivity contribution in [3.63, 3.8) is 0 Å². The van der Waals surface area contributed by atoms with Crippen molar-refractivity contribution in [2.45, 2.75) is 6.92 Å². The minimum Gasteiger partial charge on any atom is -0.395 e. The Bertz CT molecular complexity index is 496. The van der Waals surface area contributed by atoms with Crippen molar-refractivity contribution in [3.05, 3.63) is 23.4 Å². The van der Waals surface area contributed by atoms with E-state index in [0.29, 0.717) is 12.1 Å². The van der Waals surface area contributed by atoms with Gasteiger partial charge in [-0.1, -0.05) is 0 Å². The van der Waals surface area contributed by atoms with Gasteiger partial charge in [0.05, 0.1) is 12.2 Å².